The van der Waals surface area contributed by atoms with Gasteiger partial charge in [-0.15, -0.1) is 0 Å². The molecule has 0 aliphatic carbocycles. The van der Waals surface area contributed by atoms with Crippen LogP contribution in [0.3, 0.4) is 0 Å². The van der Waals surface area contributed by atoms with E-state index in [2.05, 4.69) is 27.8 Å². The molecular formula is C18H20N4O2. The van der Waals surface area contributed by atoms with Crippen molar-refractivity contribution in [3.05, 3.63) is 42.1 Å². The van der Waals surface area contributed by atoms with E-state index in [0.717, 1.165) is 10.9 Å². The molecule has 2 aromatic rings. The molecule has 4 rings (SSSR count). The highest BCUT2D eigenvalue weighted by atomic mass is 16.2. The van der Waals surface area contributed by atoms with E-state index in [9.17, 15) is 9.59 Å². The van der Waals surface area contributed by atoms with Crippen LogP contribution >= 0.6 is 0 Å². The van der Waals surface area contributed by atoms with E-state index >= 15 is 0 Å². The number of fused-ring (bicyclic) bond motifs is 2. The predicted octanol–water partition coefficient (Wildman–Crippen LogP) is 0.812. The third kappa shape index (κ3) is 2.53. The Balaban J connectivity index is 1.47. The number of hydrogen-bond donors (Lipinski definition) is 2. The molecule has 2 fully saturated rings. The van der Waals surface area contributed by atoms with Crippen molar-refractivity contribution in [3.8, 4) is 0 Å². The Morgan fingerprint density at radius 3 is 3.04 bits per heavy atom. The minimum atomic E-state index is -0.420. The van der Waals surface area contributed by atoms with Crippen LogP contribution in [0.25, 0.3) is 10.9 Å². The average Bonchev–Trinajstić information content (AvgIpc) is 3.03. The zero-order valence-corrected chi connectivity index (χ0v) is 13.5. The van der Waals surface area contributed by atoms with Crippen LogP contribution in [0.4, 0.5) is 0 Å². The molecule has 6 heteroatoms. The van der Waals surface area contributed by atoms with Gasteiger partial charge in [0.2, 0.25) is 11.8 Å². The lowest BCUT2D eigenvalue weighted by atomic mass is 10.1. The Kier molecular flexibility index (Phi) is 3.69. The second-order valence-electron chi connectivity index (χ2n) is 6.54. The second-order valence-corrected chi connectivity index (χ2v) is 6.54. The zero-order chi connectivity index (χ0) is 16.7. The molecule has 2 aliphatic heterocycles. The number of nitrogens with zero attached hydrogens (tertiary/aromatic N) is 2. The number of carbonyl (C=O) groups excluding carboxylic acids is 2. The Morgan fingerprint density at radius 2 is 2.17 bits per heavy atom. The third-order valence-corrected chi connectivity index (χ3v) is 4.93. The van der Waals surface area contributed by atoms with Crippen LogP contribution in [0.2, 0.25) is 0 Å². The SMILES string of the molecule is C[C@@H]1NC(=O)[C@@H]2C[C@H](NCc3cccc4ncccc34)CN2C1=O. The summed E-state index contributed by atoms with van der Waals surface area (Å²) in [6.45, 7) is 3.02. The van der Waals surface area contributed by atoms with E-state index in [1.165, 1.54) is 5.56 Å². The largest absolute Gasteiger partial charge is 0.343 e. The Morgan fingerprint density at radius 1 is 1.29 bits per heavy atom. The van der Waals surface area contributed by atoms with Crippen molar-refractivity contribution in [2.24, 2.45) is 0 Å². The molecule has 24 heavy (non-hydrogen) atoms. The van der Waals surface area contributed by atoms with E-state index in [-0.39, 0.29) is 23.9 Å². The van der Waals surface area contributed by atoms with Gasteiger partial charge in [-0.25, -0.2) is 0 Å². The number of pyridine rings is 1. The first-order valence-corrected chi connectivity index (χ1v) is 8.30. The molecule has 2 N–H and O–H groups in total. The number of hydrogen-bond acceptors (Lipinski definition) is 4. The van der Waals surface area contributed by atoms with Gasteiger partial charge in [-0.3, -0.25) is 14.6 Å². The monoisotopic (exact) mass is 324 g/mol. The maximum atomic E-state index is 12.2. The maximum Gasteiger partial charge on any atom is 0.245 e. The lowest BCUT2D eigenvalue weighted by molar-refractivity contribution is -0.146. The number of rotatable bonds is 3. The van der Waals surface area contributed by atoms with Crippen LogP contribution in [0, 0.1) is 0 Å². The number of aromatic nitrogens is 1. The first-order chi connectivity index (χ1) is 11.6. The summed E-state index contributed by atoms with van der Waals surface area (Å²) in [4.78, 5) is 30.4. The second kappa shape index (κ2) is 5.87. The lowest BCUT2D eigenvalue weighted by Crippen LogP contribution is -2.60. The maximum absolute atomic E-state index is 12.2. The molecule has 0 unspecified atom stereocenters. The van der Waals surface area contributed by atoms with E-state index in [4.69, 9.17) is 0 Å². The van der Waals surface area contributed by atoms with E-state index in [1.807, 2.05) is 18.2 Å². The summed E-state index contributed by atoms with van der Waals surface area (Å²) in [6, 6.07) is 9.46. The molecule has 0 saturated carbocycles. The van der Waals surface area contributed by atoms with Crippen LogP contribution in [0.5, 0.6) is 0 Å². The summed E-state index contributed by atoms with van der Waals surface area (Å²) in [6.07, 6.45) is 2.45. The molecule has 1 aromatic heterocycles. The minimum absolute atomic E-state index is 0.0123. The summed E-state index contributed by atoms with van der Waals surface area (Å²) >= 11 is 0. The Hall–Kier alpha value is -2.47. The fraction of sp³-hybridized carbons (Fsp3) is 0.389. The number of amides is 2. The van der Waals surface area contributed by atoms with Crippen LogP contribution in [-0.2, 0) is 16.1 Å². The third-order valence-electron chi connectivity index (χ3n) is 4.93. The molecule has 124 valence electrons. The first kappa shape index (κ1) is 15.1. The van der Waals surface area contributed by atoms with Crippen molar-refractivity contribution in [2.75, 3.05) is 6.54 Å². The van der Waals surface area contributed by atoms with Crippen molar-refractivity contribution in [3.63, 3.8) is 0 Å². The fourth-order valence-electron chi connectivity index (χ4n) is 3.67. The summed E-state index contributed by atoms with van der Waals surface area (Å²) in [5.74, 6) is -0.0287. The summed E-state index contributed by atoms with van der Waals surface area (Å²) in [7, 11) is 0. The van der Waals surface area contributed by atoms with Gasteiger partial charge in [-0.2, -0.15) is 0 Å². The zero-order valence-electron chi connectivity index (χ0n) is 13.5. The van der Waals surface area contributed by atoms with Gasteiger partial charge in [0, 0.05) is 30.7 Å². The minimum Gasteiger partial charge on any atom is -0.343 e. The molecule has 6 nitrogen and oxygen atoms in total. The van der Waals surface area contributed by atoms with Crippen molar-refractivity contribution in [1.29, 1.82) is 0 Å². The standard InChI is InChI=1S/C18H20N4O2/c1-11-18(24)22-10-13(8-16(22)17(23)21-11)20-9-12-4-2-6-15-14(12)5-3-7-19-15/h2-7,11,13,16,20H,8-10H2,1H3,(H,21,23)/t11-,13-,16-/m0/s1. The molecule has 0 spiro atoms. The van der Waals surface area contributed by atoms with E-state index in [0.29, 0.717) is 19.5 Å². The van der Waals surface area contributed by atoms with E-state index < -0.39 is 6.04 Å². The van der Waals surface area contributed by atoms with E-state index in [1.54, 1.807) is 18.0 Å². The molecule has 2 saturated heterocycles. The van der Waals surface area contributed by atoms with Crippen molar-refractivity contribution >= 4 is 22.7 Å². The van der Waals surface area contributed by atoms with Crippen molar-refractivity contribution in [2.45, 2.75) is 38.0 Å². The Labute approximate surface area is 140 Å². The molecule has 3 atom stereocenters. The van der Waals surface area contributed by atoms with Gasteiger partial charge in [0.05, 0.1) is 5.52 Å². The lowest BCUT2D eigenvalue weighted by Gasteiger charge is -2.32. The molecule has 1 aromatic carbocycles. The topological polar surface area (TPSA) is 74.3 Å². The number of carbonyl (C=O) groups is 2. The highest BCUT2D eigenvalue weighted by Crippen LogP contribution is 2.23. The number of piperazine rings is 1. The van der Waals surface area contributed by atoms with Gasteiger partial charge >= 0.3 is 0 Å². The normalized spacial score (nSPS) is 26.5. The molecule has 0 radical (unpaired) electrons. The number of benzene rings is 1. The molecule has 2 aliphatic rings. The highest BCUT2D eigenvalue weighted by molar-refractivity contribution is 5.97. The van der Waals surface area contributed by atoms with Gasteiger partial charge in [-0.05, 0) is 31.0 Å². The van der Waals surface area contributed by atoms with Crippen LogP contribution < -0.4 is 10.6 Å². The quantitative estimate of drug-likeness (QED) is 0.876. The summed E-state index contributed by atoms with van der Waals surface area (Å²) < 4.78 is 0. The van der Waals surface area contributed by atoms with Crippen LogP contribution in [-0.4, -0.2) is 46.4 Å². The summed E-state index contributed by atoms with van der Waals surface area (Å²) in [5.41, 5.74) is 2.15. The smallest absolute Gasteiger partial charge is 0.245 e. The van der Waals surface area contributed by atoms with Gasteiger partial charge in [-0.1, -0.05) is 18.2 Å². The first-order valence-electron chi connectivity index (χ1n) is 8.30. The summed E-state index contributed by atoms with van der Waals surface area (Å²) in [5, 5.41) is 7.38. The molecule has 2 amide bonds. The van der Waals surface area contributed by atoms with Gasteiger partial charge in [0.25, 0.3) is 0 Å². The highest BCUT2D eigenvalue weighted by Gasteiger charge is 2.44. The van der Waals surface area contributed by atoms with Crippen molar-refractivity contribution in [1.82, 2.24) is 20.5 Å². The average molecular weight is 324 g/mol. The molecule has 0 bridgehead atoms. The van der Waals surface area contributed by atoms with Crippen molar-refractivity contribution < 1.29 is 9.59 Å². The number of nitrogens with one attached hydrogen (secondary N) is 2. The van der Waals surface area contributed by atoms with Crippen LogP contribution in [0.15, 0.2) is 36.5 Å². The van der Waals surface area contributed by atoms with Crippen LogP contribution in [0.1, 0.15) is 18.9 Å². The Bertz CT molecular complexity index is 801. The van der Waals surface area contributed by atoms with Gasteiger partial charge < -0.3 is 15.5 Å². The fourth-order valence-corrected chi connectivity index (χ4v) is 3.67. The van der Waals surface area contributed by atoms with Gasteiger partial charge in [0.1, 0.15) is 12.1 Å². The predicted molar refractivity (Wildman–Crippen MR) is 90.1 cm³/mol. The van der Waals surface area contributed by atoms with Gasteiger partial charge in [0.15, 0.2) is 0 Å². The molecule has 3 heterocycles. The molecular weight excluding hydrogens is 304 g/mol.